The van der Waals surface area contributed by atoms with Crippen LogP contribution in [0.2, 0.25) is 0 Å². The van der Waals surface area contributed by atoms with Gasteiger partial charge in [0.15, 0.2) is 5.13 Å². The van der Waals surface area contributed by atoms with Crippen LogP contribution in [-0.2, 0) is 4.79 Å². The van der Waals surface area contributed by atoms with Gasteiger partial charge in [0.25, 0.3) is 0 Å². The van der Waals surface area contributed by atoms with Crippen LogP contribution in [0.1, 0.15) is 37.8 Å². The van der Waals surface area contributed by atoms with Crippen LogP contribution in [0.15, 0.2) is 42.5 Å². The molecule has 3 nitrogen and oxygen atoms in total. The molecule has 0 spiro atoms. The minimum atomic E-state index is 0.111. The lowest BCUT2D eigenvalue weighted by Crippen LogP contribution is -2.26. The normalized spacial score (nSPS) is 11.2. The number of carbonyl (C=O) groups is 1. The lowest BCUT2D eigenvalue weighted by atomic mass is 10.1. The van der Waals surface area contributed by atoms with Crippen molar-refractivity contribution in [3.8, 4) is 0 Å². The number of carbonyl (C=O) groups excluding carboxylic acids is 1. The Morgan fingerprint density at radius 3 is 2.60 bits per heavy atom. The summed E-state index contributed by atoms with van der Waals surface area (Å²) in [6, 6.07) is 14.2. The fourth-order valence-corrected chi connectivity index (χ4v) is 3.88. The number of nitrogens with zero attached hydrogens (tertiary/aromatic N) is 2. The van der Waals surface area contributed by atoms with E-state index in [9.17, 15) is 4.79 Å². The predicted octanol–water partition coefficient (Wildman–Crippen LogP) is 6.01. The van der Waals surface area contributed by atoms with Gasteiger partial charge in [0, 0.05) is 6.42 Å². The molecule has 3 aromatic rings. The summed E-state index contributed by atoms with van der Waals surface area (Å²) in [7, 11) is 0. The van der Waals surface area contributed by atoms with Crippen molar-refractivity contribution in [2.45, 2.75) is 40.5 Å². The maximum Gasteiger partial charge on any atom is 0.233 e. The SMILES string of the molecule is Cc1ccc(N(C(=O)CCC(C)C)c2nc3ccccc3s2)c(C)c1. The van der Waals surface area contributed by atoms with Gasteiger partial charge in [0.05, 0.1) is 15.9 Å². The first kappa shape index (κ1) is 17.6. The lowest BCUT2D eigenvalue weighted by Gasteiger charge is -2.22. The molecule has 1 amide bonds. The number of aromatic nitrogens is 1. The largest absolute Gasteiger partial charge is 0.274 e. The molecule has 130 valence electrons. The first-order chi connectivity index (χ1) is 12.0. The fourth-order valence-electron chi connectivity index (χ4n) is 2.88. The zero-order valence-electron chi connectivity index (χ0n) is 15.2. The minimum Gasteiger partial charge on any atom is -0.274 e. The standard InChI is InChI=1S/C21H24N2OS/c1-14(2)9-12-20(24)23(18-11-10-15(3)13-16(18)4)21-22-17-7-5-6-8-19(17)25-21/h5-8,10-11,13-14H,9,12H2,1-4H3. The number of hydrogen-bond acceptors (Lipinski definition) is 3. The van der Waals surface area contributed by atoms with Crippen LogP contribution in [0, 0.1) is 19.8 Å². The second kappa shape index (κ2) is 7.36. The quantitative estimate of drug-likeness (QED) is 0.563. The van der Waals surface area contributed by atoms with Crippen LogP contribution in [0.25, 0.3) is 10.2 Å². The maximum atomic E-state index is 13.1. The molecular weight excluding hydrogens is 328 g/mol. The number of aryl methyl sites for hydroxylation is 2. The molecule has 1 aromatic heterocycles. The summed E-state index contributed by atoms with van der Waals surface area (Å²) in [6.45, 7) is 8.41. The van der Waals surface area contributed by atoms with Crippen molar-refractivity contribution >= 4 is 38.3 Å². The van der Waals surface area contributed by atoms with E-state index in [1.807, 2.05) is 29.2 Å². The molecular formula is C21H24N2OS. The van der Waals surface area contributed by atoms with E-state index in [-0.39, 0.29) is 5.91 Å². The van der Waals surface area contributed by atoms with Crippen molar-refractivity contribution < 1.29 is 4.79 Å². The van der Waals surface area contributed by atoms with Gasteiger partial charge in [-0.3, -0.25) is 9.69 Å². The Labute approximate surface area is 153 Å². The van der Waals surface area contributed by atoms with E-state index in [0.29, 0.717) is 12.3 Å². The Morgan fingerprint density at radius 2 is 1.92 bits per heavy atom. The zero-order valence-corrected chi connectivity index (χ0v) is 16.1. The first-order valence-electron chi connectivity index (χ1n) is 8.71. The van der Waals surface area contributed by atoms with E-state index in [2.05, 4.69) is 45.9 Å². The van der Waals surface area contributed by atoms with E-state index in [1.54, 1.807) is 11.3 Å². The van der Waals surface area contributed by atoms with E-state index in [4.69, 9.17) is 4.98 Å². The molecule has 0 radical (unpaired) electrons. The van der Waals surface area contributed by atoms with E-state index in [0.717, 1.165) is 33.0 Å². The van der Waals surface area contributed by atoms with E-state index < -0.39 is 0 Å². The van der Waals surface area contributed by atoms with Crippen molar-refractivity contribution in [1.82, 2.24) is 4.98 Å². The molecule has 0 aliphatic carbocycles. The molecule has 0 unspecified atom stereocenters. The third kappa shape index (κ3) is 3.90. The summed E-state index contributed by atoms with van der Waals surface area (Å²) >= 11 is 1.57. The number of thiazole rings is 1. The lowest BCUT2D eigenvalue weighted by molar-refractivity contribution is -0.118. The van der Waals surface area contributed by atoms with Crippen LogP contribution in [0.4, 0.5) is 10.8 Å². The highest BCUT2D eigenvalue weighted by Gasteiger charge is 2.23. The van der Waals surface area contributed by atoms with Crippen molar-refractivity contribution in [3.63, 3.8) is 0 Å². The van der Waals surface area contributed by atoms with Crippen molar-refractivity contribution in [2.24, 2.45) is 5.92 Å². The van der Waals surface area contributed by atoms with Gasteiger partial charge in [-0.05, 0) is 49.9 Å². The van der Waals surface area contributed by atoms with Gasteiger partial charge in [-0.15, -0.1) is 0 Å². The Morgan fingerprint density at radius 1 is 1.16 bits per heavy atom. The summed E-state index contributed by atoms with van der Waals surface area (Å²) in [5.41, 5.74) is 4.16. The average Bonchev–Trinajstić information content (AvgIpc) is 2.98. The van der Waals surface area contributed by atoms with Gasteiger partial charge in [0.1, 0.15) is 0 Å². The van der Waals surface area contributed by atoms with Gasteiger partial charge >= 0.3 is 0 Å². The van der Waals surface area contributed by atoms with Gasteiger partial charge in [-0.25, -0.2) is 4.98 Å². The molecule has 2 aromatic carbocycles. The monoisotopic (exact) mass is 352 g/mol. The molecule has 1 heterocycles. The van der Waals surface area contributed by atoms with Crippen LogP contribution in [-0.4, -0.2) is 10.9 Å². The number of amides is 1. The van der Waals surface area contributed by atoms with Crippen molar-refractivity contribution in [1.29, 1.82) is 0 Å². The summed E-state index contributed by atoms with van der Waals surface area (Å²) in [5, 5.41) is 0.752. The Bertz CT molecular complexity index is 865. The Balaban J connectivity index is 2.06. The molecule has 0 atom stereocenters. The second-order valence-electron chi connectivity index (χ2n) is 6.92. The summed E-state index contributed by atoms with van der Waals surface area (Å²) in [4.78, 5) is 19.6. The summed E-state index contributed by atoms with van der Waals surface area (Å²) < 4.78 is 1.10. The fraction of sp³-hybridized carbons (Fsp3) is 0.333. The highest BCUT2D eigenvalue weighted by atomic mass is 32.1. The number of anilines is 2. The topological polar surface area (TPSA) is 33.2 Å². The molecule has 0 bridgehead atoms. The maximum absolute atomic E-state index is 13.1. The zero-order chi connectivity index (χ0) is 18.0. The highest BCUT2D eigenvalue weighted by molar-refractivity contribution is 7.22. The smallest absolute Gasteiger partial charge is 0.233 e. The number of fused-ring (bicyclic) bond motifs is 1. The second-order valence-corrected chi connectivity index (χ2v) is 7.92. The van der Waals surface area contributed by atoms with E-state index >= 15 is 0 Å². The average molecular weight is 353 g/mol. The molecule has 25 heavy (non-hydrogen) atoms. The predicted molar refractivity (Wildman–Crippen MR) is 107 cm³/mol. The molecule has 0 fully saturated rings. The Kier molecular flexibility index (Phi) is 5.19. The van der Waals surface area contributed by atoms with Crippen LogP contribution in [0.5, 0.6) is 0 Å². The van der Waals surface area contributed by atoms with Gasteiger partial charge < -0.3 is 0 Å². The minimum absolute atomic E-state index is 0.111. The van der Waals surface area contributed by atoms with E-state index in [1.165, 1.54) is 5.56 Å². The van der Waals surface area contributed by atoms with Crippen molar-refractivity contribution in [2.75, 3.05) is 4.90 Å². The van der Waals surface area contributed by atoms with Gasteiger partial charge in [0.2, 0.25) is 5.91 Å². The first-order valence-corrected chi connectivity index (χ1v) is 9.53. The highest BCUT2D eigenvalue weighted by Crippen LogP contribution is 2.35. The molecule has 0 aliphatic rings. The molecule has 0 saturated heterocycles. The number of para-hydroxylation sites is 1. The third-order valence-corrected chi connectivity index (χ3v) is 5.27. The van der Waals surface area contributed by atoms with Crippen LogP contribution >= 0.6 is 11.3 Å². The summed E-state index contributed by atoms with van der Waals surface area (Å²) in [6.07, 6.45) is 1.41. The van der Waals surface area contributed by atoms with Gasteiger partial charge in [-0.1, -0.05) is 55.0 Å². The van der Waals surface area contributed by atoms with Crippen LogP contribution in [0.3, 0.4) is 0 Å². The van der Waals surface area contributed by atoms with Crippen LogP contribution < -0.4 is 4.90 Å². The molecule has 0 saturated carbocycles. The number of hydrogen-bond donors (Lipinski definition) is 0. The molecule has 0 aliphatic heterocycles. The molecule has 4 heteroatoms. The molecule has 3 rings (SSSR count). The third-order valence-electron chi connectivity index (χ3n) is 4.25. The molecule has 0 N–H and O–H groups in total. The Hall–Kier alpha value is -2.20. The number of rotatable bonds is 5. The number of benzene rings is 2. The van der Waals surface area contributed by atoms with Gasteiger partial charge in [-0.2, -0.15) is 0 Å². The summed E-state index contributed by atoms with van der Waals surface area (Å²) in [5.74, 6) is 0.611. The van der Waals surface area contributed by atoms with Crippen molar-refractivity contribution in [3.05, 3.63) is 53.6 Å².